The fourth-order valence-electron chi connectivity index (χ4n) is 4.43. The molecule has 0 bridgehead atoms. The molecule has 5 nitrogen and oxygen atoms in total. The van der Waals surface area contributed by atoms with Gasteiger partial charge in [-0.05, 0) is 42.8 Å². The number of fused-ring (bicyclic) bond motifs is 1. The van der Waals surface area contributed by atoms with Crippen molar-refractivity contribution < 1.29 is 9.53 Å². The van der Waals surface area contributed by atoms with Crippen LogP contribution < -0.4 is 9.64 Å². The minimum atomic E-state index is 0.0230. The Morgan fingerprint density at radius 3 is 2.62 bits per heavy atom. The third-order valence-electron chi connectivity index (χ3n) is 5.99. The van der Waals surface area contributed by atoms with Gasteiger partial charge in [-0.3, -0.25) is 4.79 Å². The molecule has 4 aromatic rings. The average Bonchev–Trinajstić information content (AvgIpc) is 3.36. The molecule has 0 aliphatic carbocycles. The Bertz CT molecular complexity index is 1280. The fraction of sp³-hybridized carbons (Fsp3) is 0.231. The maximum Gasteiger partial charge on any atom is 0.227 e. The summed E-state index contributed by atoms with van der Waals surface area (Å²) >= 11 is 6.23. The smallest absolute Gasteiger partial charge is 0.227 e. The van der Waals surface area contributed by atoms with Crippen LogP contribution in [-0.2, 0) is 11.3 Å². The lowest BCUT2D eigenvalue weighted by atomic mass is 10.1. The Morgan fingerprint density at radius 2 is 1.78 bits per heavy atom. The van der Waals surface area contributed by atoms with E-state index in [0.29, 0.717) is 36.9 Å². The van der Waals surface area contributed by atoms with E-state index in [2.05, 4.69) is 10.6 Å². The summed E-state index contributed by atoms with van der Waals surface area (Å²) in [6, 6.07) is 23.6. The van der Waals surface area contributed by atoms with E-state index in [1.165, 1.54) is 0 Å². The second-order valence-corrected chi connectivity index (χ2v) is 8.49. The number of anilines is 1. The van der Waals surface area contributed by atoms with E-state index in [-0.39, 0.29) is 11.8 Å². The number of benzene rings is 3. The molecule has 1 amide bonds. The molecule has 1 aliphatic heterocycles. The molecule has 1 aromatic heterocycles. The van der Waals surface area contributed by atoms with Crippen molar-refractivity contribution in [1.82, 2.24) is 9.55 Å². The van der Waals surface area contributed by atoms with E-state index < -0.39 is 0 Å². The first kappa shape index (κ1) is 20.6. The molecule has 5 rings (SSSR count). The van der Waals surface area contributed by atoms with Crippen molar-refractivity contribution in [2.24, 2.45) is 0 Å². The monoisotopic (exact) mass is 445 g/mol. The third-order valence-corrected chi connectivity index (χ3v) is 6.30. The van der Waals surface area contributed by atoms with Crippen LogP contribution >= 0.6 is 11.6 Å². The molecule has 162 valence electrons. The molecular weight excluding hydrogens is 422 g/mol. The summed E-state index contributed by atoms with van der Waals surface area (Å²) in [6.07, 6.45) is 0.447. The second kappa shape index (κ2) is 8.67. The van der Waals surface area contributed by atoms with Crippen molar-refractivity contribution in [1.29, 1.82) is 0 Å². The van der Waals surface area contributed by atoms with Gasteiger partial charge in [0.05, 0.1) is 22.6 Å². The Hall–Kier alpha value is -3.31. The molecule has 0 spiro atoms. The van der Waals surface area contributed by atoms with Crippen molar-refractivity contribution >= 4 is 34.2 Å². The second-order valence-electron chi connectivity index (χ2n) is 8.08. The van der Waals surface area contributed by atoms with E-state index in [1.54, 1.807) is 0 Å². The molecule has 1 fully saturated rings. The van der Waals surface area contributed by atoms with Crippen LogP contribution in [0.1, 0.15) is 23.7 Å². The fourth-order valence-corrected chi connectivity index (χ4v) is 4.62. The molecule has 0 unspecified atom stereocenters. The van der Waals surface area contributed by atoms with Crippen LogP contribution in [0.2, 0.25) is 5.02 Å². The Labute approximate surface area is 192 Å². The Kier molecular flexibility index (Phi) is 5.58. The van der Waals surface area contributed by atoms with Crippen LogP contribution in [0.3, 0.4) is 0 Å². The van der Waals surface area contributed by atoms with Gasteiger partial charge in [0, 0.05) is 24.6 Å². The molecule has 0 saturated carbocycles. The number of para-hydroxylation sites is 4. The van der Waals surface area contributed by atoms with Gasteiger partial charge in [0.1, 0.15) is 18.2 Å². The van der Waals surface area contributed by atoms with E-state index >= 15 is 0 Å². The molecule has 2 heterocycles. The first-order valence-electron chi connectivity index (χ1n) is 10.8. The minimum absolute atomic E-state index is 0.0230. The first-order chi connectivity index (χ1) is 15.6. The normalized spacial score (nSPS) is 16.1. The number of halogens is 1. The summed E-state index contributed by atoms with van der Waals surface area (Å²) in [7, 11) is 0. The van der Waals surface area contributed by atoms with Gasteiger partial charge in [-0.25, -0.2) is 4.98 Å². The van der Waals surface area contributed by atoms with E-state index in [1.807, 2.05) is 78.6 Å². The Morgan fingerprint density at radius 1 is 1.03 bits per heavy atom. The lowest BCUT2D eigenvalue weighted by Gasteiger charge is -2.19. The van der Waals surface area contributed by atoms with Gasteiger partial charge in [0.2, 0.25) is 5.91 Å². The van der Waals surface area contributed by atoms with Crippen molar-refractivity contribution in [3.8, 4) is 5.75 Å². The predicted octanol–water partition coefficient (Wildman–Crippen LogP) is 5.60. The first-order valence-corrected chi connectivity index (χ1v) is 11.2. The minimum Gasteiger partial charge on any atom is -0.490 e. The quantitative estimate of drug-likeness (QED) is 0.388. The predicted molar refractivity (Wildman–Crippen MR) is 128 cm³/mol. The lowest BCUT2D eigenvalue weighted by Crippen LogP contribution is -2.25. The van der Waals surface area contributed by atoms with E-state index in [9.17, 15) is 4.79 Å². The summed E-state index contributed by atoms with van der Waals surface area (Å²) in [5.41, 5.74) is 4.06. The number of carbonyl (C=O) groups is 1. The van der Waals surface area contributed by atoms with Crippen LogP contribution in [-0.4, -0.2) is 28.6 Å². The van der Waals surface area contributed by atoms with E-state index in [0.717, 1.165) is 28.1 Å². The molecule has 32 heavy (non-hydrogen) atoms. The highest BCUT2D eigenvalue weighted by Crippen LogP contribution is 2.34. The summed E-state index contributed by atoms with van der Waals surface area (Å²) in [5.74, 6) is 1.75. The van der Waals surface area contributed by atoms with Crippen molar-refractivity contribution in [2.45, 2.75) is 25.8 Å². The van der Waals surface area contributed by atoms with Gasteiger partial charge < -0.3 is 14.2 Å². The largest absolute Gasteiger partial charge is 0.490 e. The third kappa shape index (κ3) is 3.84. The number of amides is 1. The number of imidazole rings is 1. The zero-order chi connectivity index (χ0) is 22.1. The van der Waals surface area contributed by atoms with Crippen LogP contribution in [0.25, 0.3) is 11.0 Å². The molecule has 1 atom stereocenters. The van der Waals surface area contributed by atoms with Crippen LogP contribution in [0.15, 0.2) is 72.8 Å². The Balaban J connectivity index is 1.42. The zero-order valence-corrected chi connectivity index (χ0v) is 18.6. The van der Waals surface area contributed by atoms with Gasteiger partial charge in [-0.15, -0.1) is 0 Å². The molecule has 0 radical (unpaired) electrons. The molecular formula is C26H24ClN3O2. The van der Waals surface area contributed by atoms with Crippen molar-refractivity contribution in [3.05, 3.63) is 89.2 Å². The number of carbonyl (C=O) groups excluding carboxylic acids is 1. The maximum absolute atomic E-state index is 12.9. The highest BCUT2D eigenvalue weighted by Gasteiger charge is 2.35. The number of rotatable bonds is 6. The van der Waals surface area contributed by atoms with Crippen molar-refractivity contribution in [3.63, 3.8) is 0 Å². The molecule has 1 aliphatic rings. The standard InChI is InChI=1S/C26H24ClN3O2/c1-18-8-2-5-11-22(18)30-17-19(16-25(30)31)26-28-21-10-4-6-12-23(21)29(26)14-15-32-24-13-7-3-9-20(24)27/h2-13,19H,14-17H2,1H3/t19-/m0/s1. The van der Waals surface area contributed by atoms with Gasteiger partial charge in [0.25, 0.3) is 0 Å². The molecule has 6 heteroatoms. The number of nitrogens with zero attached hydrogens (tertiary/aromatic N) is 3. The molecule has 3 aromatic carbocycles. The summed E-state index contributed by atoms with van der Waals surface area (Å²) in [4.78, 5) is 19.7. The molecule has 1 saturated heterocycles. The number of hydrogen-bond donors (Lipinski definition) is 0. The van der Waals surface area contributed by atoms with Gasteiger partial charge in [-0.2, -0.15) is 0 Å². The lowest BCUT2D eigenvalue weighted by molar-refractivity contribution is -0.117. The van der Waals surface area contributed by atoms with Crippen LogP contribution in [0.4, 0.5) is 5.69 Å². The van der Waals surface area contributed by atoms with Crippen LogP contribution in [0.5, 0.6) is 5.75 Å². The van der Waals surface area contributed by atoms with Gasteiger partial charge in [-0.1, -0.05) is 54.1 Å². The molecule has 0 N–H and O–H groups in total. The van der Waals surface area contributed by atoms with Gasteiger partial charge >= 0.3 is 0 Å². The average molecular weight is 446 g/mol. The topological polar surface area (TPSA) is 47.4 Å². The summed E-state index contributed by atoms with van der Waals surface area (Å²) in [6.45, 7) is 3.74. The number of hydrogen-bond acceptors (Lipinski definition) is 3. The van der Waals surface area contributed by atoms with Gasteiger partial charge in [0.15, 0.2) is 0 Å². The SMILES string of the molecule is Cc1ccccc1N1C[C@@H](c2nc3ccccc3n2CCOc2ccccc2Cl)CC1=O. The number of aromatic nitrogens is 2. The summed E-state index contributed by atoms with van der Waals surface area (Å²) in [5, 5.41) is 0.596. The highest BCUT2D eigenvalue weighted by atomic mass is 35.5. The van der Waals surface area contributed by atoms with E-state index in [4.69, 9.17) is 21.3 Å². The summed E-state index contributed by atoms with van der Waals surface area (Å²) < 4.78 is 8.13. The zero-order valence-electron chi connectivity index (χ0n) is 17.9. The maximum atomic E-state index is 12.9. The number of aryl methyl sites for hydroxylation is 1. The van der Waals surface area contributed by atoms with Crippen molar-refractivity contribution in [2.75, 3.05) is 18.1 Å². The number of ether oxygens (including phenoxy) is 1. The van der Waals surface area contributed by atoms with Crippen LogP contribution in [0, 0.1) is 6.92 Å². The highest BCUT2D eigenvalue weighted by molar-refractivity contribution is 6.32.